The van der Waals surface area contributed by atoms with Gasteiger partial charge in [0, 0.05) is 31.1 Å². The fourth-order valence-electron chi connectivity index (χ4n) is 3.44. The van der Waals surface area contributed by atoms with E-state index in [0.717, 1.165) is 51.3 Å². The minimum Gasteiger partial charge on any atom is -0.381 e. The van der Waals surface area contributed by atoms with E-state index in [2.05, 4.69) is 10.4 Å². The first-order valence-corrected chi connectivity index (χ1v) is 7.88. The lowest BCUT2D eigenvalue weighted by Gasteiger charge is -2.18. The van der Waals surface area contributed by atoms with Gasteiger partial charge in [-0.15, -0.1) is 0 Å². The lowest BCUT2D eigenvalue weighted by molar-refractivity contribution is -0.120. The Morgan fingerprint density at radius 1 is 1.48 bits per heavy atom. The number of ether oxygens (including phenoxy) is 1. The molecule has 2 aliphatic rings. The van der Waals surface area contributed by atoms with Crippen molar-refractivity contribution >= 4 is 11.7 Å². The Morgan fingerprint density at radius 2 is 2.38 bits per heavy atom. The smallest absolute Gasteiger partial charge is 0.228 e. The zero-order valence-electron chi connectivity index (χ0n) is 12.3. The Labute approximate surface area is 125 Å². The third kappa shape index (κ3) is 3.27. The van der Waals surface area contributed by atoms with Gasteiger partial charge in [0.25, 0.3) is 0 Å². The van der Waals surface area contributed by atoms with E-state index in [-0.39, 0.29) is 11.8 Å². The molecule has 1 unspecified atom stereocenters. The molecule has 2 heterocycles. The van der Waals surface area contributed by atoms with Gasteiger partial charge in [-0.2, -0.15) is 5.10 Å². The van der Waals surface area contributed by atoms with Gasteiger partial charge < -0.3 is 15.8 Å². The second-order valence-corrected chi connectivity index (χ2v) is 6.15. The Bertz CT molecular complexity index is 482. The quantitative estimate of drug-likeness (QED) is 0.855. The summed E-state index contributed by atoms with van der Waals surface area (Å²) in [6.45, 7) is 3.00. The number of hydrogen-bond donors (Lipinski definition) is 2. The molecule has 6 nitrogen and oxygen atoms in total. The first kappa shape index (κ1) is 14.5. The van der Waals surface area contributed by atoms with Crippen LogP contribution in [0.3, 0.4) is 0 Å². The molecule has 1 saturated carbocycles. The van der Waals surface area contributed by atoms with Crippen LogP contribution in [-0.4, -0.2) is 35.4 Å². The maximum Gasteiger partial charge on any atom is 0.228 e. The summed E-state index contributed by atoms with van der Waals surface area (Å²) < 4.78 is 7.27. The highest BCUT2D eigenvalue weighted by Gasteiger charge is 2.32. The summed E-state index contributed by atoms with van der Waals surface area (Å²) in [6, 6.07) is 1.86. The number of carbonyl (C=O) groups is 1. The lowest BCUT2D eigenvalue weighted by Crippen LogP contribution is -2.30. The molecule has 1 amide bonds. The van der Waals surface area contributed by atoms with Crippen LogP contribution >= 0.6 is 0 Å². The Kier molecular flexibility index (Phi) is 4.55. The molecule has 1 aromatic rings. The molecular formula is C15H24N4O2. The van der Waals surface area contributed by atoms with Gasteiger partial charge in [0.1, 0.15) is 5.82 Å². The molecule has 0 radical (unpaired) electrons. The lowest BCUT2D eigenvalue weighted by atomic mass is 9.95. The van der Waals surface area contributed by atoms with E-state index in [0.29, 0.717) is 18.4 Å². The second kappa shape index (κ2) is 6.58. The predicted octanol–water partition coefficient (Wildman–Crippen LogP) is 1.23. The van der Waals surface area contributed by atoms with Crippen molar-refractivity contribution in [1.82, 2.24) is 9.78 Å². The summed E-state index contributed by atoms with van der Waals surface area (Å²) in [7, 11) is 0. The molecule has 0 bridgehead atoms. The molecule has 1 aliphatic carbocycles. The van der Waals surface area contributed by atoms with Gasteiger partial charge in [-0.3, -0.25) is 4.79 Å². The minimum absolute atomic E-state index is 0.0492. The Morgan fingerprint density at radius 3 is 3.14 bits per heavy atom. The average Bonchev–Trinajstić information content (AvgIpc) is 3.21. The average molecular weight is 292 g/mol. The fourth-order valence-corrected chi connectivity index (χ4v) is 3.44. The summed E-state index contributed by atoms with van der Waals surface area (Å²) in [6.07, 6.45) is 5.90. The van der Waals surface area contributed by atoms with E-state index in [1.165, 1.54) is 0 Å². The normalized spacial score (nSPS) is 28.9. The van der Waals surface area contributed by atoms with Gasteiger partial charge >= 0.3 is 0 Å². The van der Waals surface area contributed by atoms with Gasteiger partial charge in [0.15, 0.2) is 0 Å². The van der Waals surface area contributed by atoms with E-state index in [1.807, 2.05) is 10.7 Å². The highest BCUT2D eigenvalue weighted by Crippen LogP contribution is 2.31. The molecule has 2 fully saturated rings. The molecular weight excluding hydrogens is 268 g/mol. The summed E-state index contributed by atoms with van der Waals surface area (Å²) in [5.74, 6) is 1.74. The first-order chi connectivity index (χ1) is 10.3. The fraction of sp³-hybridized carbons (Fsp3) is 0.733. The SMILES string of the molecule is NC[C@H]1CCC[C@H]1C(=O)Nc1ccnn1CC1CCOC1. The molecule has 3 N–H and O–H groups in total. The largest absolute Gasteiger partial charge is 0.381 e. The summed E-state index contributed by atoms with van der Waals surface area (Å²) >= 11 is 0. The number of carbonyl (C=O) groups excluding carboxylic acids is 1. The first-order valence-electron chi connectivity index (χ1n) is 7.88. The van der Waals surface area contributed by atoms with Crippen LogP contribution in [0.25, 0.3) is 0 Å². The summed E-state index contributed by atoms with van der Waals surface area (Å²) in [4.78, 5) is 12.4. The molecule has 0 aromatic carbocycles. The summed E-state index contributed by atoms with van der Waals surface area (Å²) in [5, 5.41) is 7.36. The number of nitrogens with zero attached hydrogens (tertiary/aromatic N) is 2. The number of amides is 1. The van der Waals surface area contributed by atoms with E-state index in [4.69, 9.17) is 10.5 Å². The third-order valence-electron chi connectivity index (χ3n) is 4.72. The van der Waals surface area contributed by atoms with Crippen LogP contribution in [0.4, 0.5) is 5.82 Å². The monoisotopic (exact) mass is 292 g/mol. The second-order valence-electron chi connectivity index (χ2n) is 6.15. The number of anilines is 1. The van der Waals surface area contributed by atoms with Crippen LogP contribution in [0.2, 0.25) is 0 Å². The molecule has 3 atom stereocenters. The maximum absolute atomic E-state index is 12.4. The van der Waals surface area contributed by atoms with Crippen LogP contribution in [0.5, 0.6) is 0 Å². The third-order valence-corrected chi connectivity index (χ3v) is 4.72. The molecule has 3 rings (SSSR count). The summed E-state index contributed by atoms with van der Waals surface area (Å²) in [5.41, 5.74) is 5.76. The standard InChI is InChI=1S/C15H24N4O2/c16-8-12-2-1-3-13(12)15(20)18-14-4-6-17-19(14)9-11-5-7-21-10-11/h4,6,11-13H,1-3,5,7-10,16H2,(H,18,20)/t11?,12-,13-/m1/s1. The number of hydrogen-bond acceptors (Lipinski definition) is 4. The Balaban J connectivity index is 1.62. The van der Waals surface area contributed by atoms with Crippen molar-refractivity contribution < 1.29 is 9.53 Å². The van der Waals surface area contributed by atoms with Crippen molar-refractivity contribution in [1.29, 1.82) is 0 Å². The molecule has 116 valence electrons. The van der Waals surface area contributed by atoms with Gasteiger partial charge in [0.05, 0.1) is 12.8 Å². The number of nitrogens with one attached hydrogen (secondary N) is 1. The highest BCUT2D eigenvalue weighted by molar-refractivity contribution is 5.92. The van der Waals surface area contributed by atoms with Crippen molar-refractivity contribution in [2.45, 2.75) is 32.2 Å². The van der Waals surface area contributed by atoms with Crippen molar-refractivity contribution in [2.75, 3.05) is 25.1 Å². The molecule has 21 heavy (non-hydrogen) atoms. The molecule has 1 saturated heterocycles. The van der Waals surface area contributed by atoms with Crippen LogP contribution < -0.4 is 11.1 Å². The predicted molar refractivity (Wildman–Crippen MR) is 79.7 cm³/mol. The number of nitrogens with two attached hydrogens (primary N) is 1. The van der Waals surface area contributed by atoms with Crippen molar-refractivity contribution in [3.8, 4) is 0 Å². The number of rotatable bonds is 5. The zero-order valence-corrected chi connectivity index (χ0v) is 12.3. The molecule has 0 spiro atoms. The minimum atomic E-state index is 0.0492. The highest BCUT2D eigenvalue weighted by atomic mass is 16.5. The van der Waals surface area contributed by atoms with Crippen molar-refractivity contribution in [3.63, 3.8) is 0 Å². The number of aromatic nitrogens is 2. The van der Waals surface area contributed by atoms with E-state index < -0.39 is 0 Å². The molecule has 1 aromatic heterocycles. The Hall–Kier alpha value is -1.40. The topological polar surface area (TPSA) is 82.2 Å². The van der Waals surface area contributed by atoms with Crippen LogP contribution in [0.15, 0.2) is 12.3 Å². The van der Waals surface area contributed by atoms with E-state index in [9.17, 15) is 4.79 Å². The van der Waals surface area contributed by atoms with Gasteiger partial charge in [-0.1, -0.05) is 6.42 Å². The zero-order chi connectivity index (χ0) is 14.7. The van der Waals surface area contributed by atoms with Crippen LogP contribution in [0.1, 0.15) is 25.7 Å². The van der Waals surface area contributed by atoms with Gasteiger partial charge in [-0.05, 0) is 31.7 Å². The van der Waals surface area contributed by atoms with Crippen LogP contribution in [0, 0.1) is 17.8 Å². The molecule has 6 heteroatoms. The van der Waals surface area contributed by atoms with Crippen molar-refractivity contribution in [3.05, 3.63) is 12.3 Å². The molecule has 1 aliphatic heterocycles. The van der Waals surface area contributed by atoms with E-state index in [1.54, 1.807) is 6.20 Å². The van der Waals surface area contributed by atoms with E-state index >= 15 is 0 Å². The van der Waals surface area contributed by atoms with Gasteiger partial charge in [0.2, 0.25) is 5.91 Å². The maximum atomic E-state index is 12.4. The van der Waals surface area contributed by atoms with Crippen molar-refractivity contribution in [2.24, 2.45) is 23.5 Å². The van der Waals surface area contributed by atoms with Gasteiger partial charge in [-0.25, -0.2) is 4.68 Å². The van der Waals surface area contributed by atoms with Crippen LogP contribution in [-0.2, 0) is 16.1 Å².